The molecule has 2 aromatic carbocycles. The first-order chi connectivity index (χ1) is 12.9. The molecule has 0 saturated carbocycles. The smallest absolute Gasteiger partial charge is 0.338 e. The molecular weight excluding hydrogens is 358 g/mol. The minimum atomic E-state index is -1.18. The number of carbonyl (C=O) groups is 3. The van der Waals surface area contributed by atoms with Gasteiger partial charge in [0.1, 0.15) is 0 Å². The Bertz CT molecular complexity index is 884. The minimum absolute atomic E-state index is 0.0657. The second kappa shape index (κ2) is 7.94. The zero-order valence-electron chi connectivity index (χ0n) is 14.2. The van der Waals surface area contributed by atoms with E-state index < -0.39 is 30.1 Å². The van der Waals surface area contributed by atoms with Gasteiger partial charge in [0.25, 0.3) is 5.91 Å². The summed E-state index contributed by atoms with van der Waals surface area (Å²) in [4.78, 5) is 37.0. The van der Waals surface area contributed by atoms with E-state index in [1.165, 1.54) is 0 Å². The van der Waals surface area contributed by atoms with Gasteiger partial charge in [0.2, 0.25) is 5.91 Å². The first-order valence-corrected chi connectivity index (χ1v) is 8.26. The Morgan fingerprint density at radius 1 is 1.07 bits per heavy atom. The first-order valence-electron chi connectivity index (χ1n) is 8.26. The average Bonchev–Trinajstić information content (AvgIpc) is 3.08. The van der Waals surface area contributed by atoms with Crippen LogP contribution < -0.4 is 10.2 Å². The van der Waals surface area contributed by atoms with Crippen molar-refractivity contribution in [3.63, 3.8) is 0 Å². The van der Waals surface area contributed by atoms with Gasteiger partial charge in [-0.1, -0.05) is 0 Å². The molecule has 2 amide bonds. The predicted octanol–water partition coefficient (Wildman–Crippen LogP) is 2.89. The van der Waals surface area contributed by atoms with Crippen molar-refractivity contribution in [2.24, 2.45) is 0 Å². The predicted molar refractivity (Wildman–Crippen MR) is 93.3 cm³/mol. The SMILES string of the molecule is O=C(COC(=O)c1ccc(F)c(F)c1)Nc1ccc(N2CCCC2=O)cc1. The molecule has 0 bridgehead atoms. The summed E-state index contributed by atoms with van der Waals surface area (Å²) in [6, 6.07) is 9.27. The van der Waals surface area contributed by atoms with Crippen molar-refractivity contribution in [3.05, 3.63) is 59.7 Å². The van der Waals surface area contributed by atoms with Crippen LogP contribution in [0.1, 0.15) is 23.2 Å². The van der Waals surface area contributed by atoms with Gasteiger partial charge in [-0.15, -0.1) is 0 Å². The van der Waals surface area contributed by atoms with Gasteiger partial charge >= 0.3 is 5.97 Å². The van der Waals surface area contributed by atoms with Crippen LogP contribution in [-0.2, 0) is 14.3 Å². The van der Waals surface area contributed by atoms with Crippen molar-refractivity contribution >= 4 is 29.2 Å². The molecule has 0 atom stereocenters. The zero-order valence-corrected chi connectivity index (χ0v) is 14.2. The van der Waals surface area contributed by atoms with Crippen LogP contribution in [0.3, 0.4) is 0 Å². The van der Waals surface area contributed by atoms with Gasteiger partial charge in [-0.2, -0.15) is 0 Å². The molecule has 1 heterocycles. The summed E-state index contributed by atoms with van der Waals surface area (Å²) in [7, 11) is 0. The number of nitrogens with one attached hydrogen (secondary N) is 1. The molecule has 2 aromatic rings. The van der Waals surface area contributed by atoms with Crippen LogP contribution in [0.25, 0.3) is 0 Å². The fourth-order valence-electron chi connectivity index (χ4n) is 2.68. The third kappa shape index (κ3) is 4.46. The van der Waals surface area contributed by atoms with E-state index in [9.17, 15) is 23.2 Å². The topological polar surface area (TPSA) is 75.7 Å². The van der Waals surface area contributed by atoms with Crippen LogP contribution in [-0.4, -0.2) is 30.9 Å². The van der Waals surface area contributed by atoms with E-state index in [4.69, 9.17) is 4.74 Å². The lowest BCUT2D eigenvalue weighted by atomic mass is 10.2. The molecule has 0 unspecified atom stereocenters. The van der Waals surface area contributed by atoms with E-state index in [1.54, 1.807) is 29.2 Å². The van der Waals surface area contributed by atoms with Gasteiger partial charge in [0, 0.05) is 24.3 Å². The molecule has 6 nitrogen and oxygen atoms in total. The van der Waals surface area contributed by atoms with Gasteiger partial charge in [0.15, 0.2) is 18.2 Å². The highest BCUT2D eigenvalue weighted by molar-refractivity contribution is 5.97. The molecular formula is C19H16F2N2O4. The number of amides is 2. The van der Waals surface area contributed by atoms with E-state index in [1.807, 2.05) is 0 Å². The minimum Gasteiger partial charge on any atom is -0.452 e. The van der Waals surface area contributed by atoms with Crippen molar-refractivity contribution < 1.29 is 27.9 Å². The second-order valence-corrected chi connectivity index (χ2v) is 5.95. The van der Waals surface area contributed by atoms with Gasteiger partial charge in [-0.05, 0) is 48.9 Å². The van der Waals surface area contributed by atoms with Crippen molar-refractivity contribution in [3.8, 4) is 0 Å². The third-order valence-corrected chi connectivity index (χ3v) is 4.03. The Hall–Kier alpha value is -3.29. The molecule has 1 N–H and O–H groups in total. The number of benzene rings is 2. The average molecular weight is 374 g/mol. The lowest BCUT2D eigenvalue weighted by molar-refractivity contribution is -0.119. The van der Waals surface area contributed by atoms with Crippen LogP contribution in [0.5, 0.6) is 0 Å². The first kappa shape index (κ1) is 18.5. The largest absolute Gasteiger partial charge is 0.452 e. The van der Waals surface area contributed by atoms with E-state index >= 15 is 0 Å². The Kier molecular flexibility index (Phi) is 5.44. The number of halogens is 2. The molecule has 140 valence electrons. The number of hydrogen-bond acceptors (Lipinski definition) is 4. The van der Waals surface area contributed by atoms with E-state index in [2.05, 4.69) is 5.32 Å². The molecule has 0 aromatic heterocycles. The standard InChI is InChI=1S/C19H16F2N2O4/c20-15-8-3-12(10-16(15)21)19(26)27-11-17(24)22-13-4-6-14(7-5-13)23-9-1-2-18(23)25/h3-8,10H,1-2,9,11H2,(H,22,24). The molecule has 8 heteroatoms. The van der Waals surface area contributed by atoms with Crippen LogP contribution >= 0.6 is 0 Å². The normalized spacial score (nSPS) is 13.6. The molecule has 1 saturated heterocycles. The molecule has 27 heavy (non-hydrogen) atoms. The lowest BCUT2D eigenvalue weighted by Gasteiger charge is -2.16. The fraction of sp³-hybridized carbons (Fsp3) is 0.211. The van der Waals surface area contributed by atoms with Crippen molar-refractivity contribution in [1.29, 1.82) is 0 Å². The summed E-state index contributed by atoms with van der Waals surface area (Å²) in [5, 5.41) is 2.54. The van der Waals surface area contributed by atoms with Crippen LogP contribution in [0.15, 0.2) is 42.5 Å². The summed E-state index contributed by atoms with van der Waals surface area (Å²) in [6.45, 7) is 0.0919. The number of ether oxygens (including phenoxy) is 1. The van der Waals surface area contributed by atoms with Crippen molar-refractivity contribution in [2.45, 2.75) is 12.8 Å². The molecule has 1 aliphatic heterocycles. The molecule has 3 rings (SSSR count). The molecule has 1 aliphatic rings. The number of rotatable bonds is 5. The van der Waals surface area contributed by atoms with Crippen molar-refractivity contribution in [2.75, 3.05) is 23.4 Å². The maximum Gasteiger partial charge on any atom is 0.338 e. The zero-order chi connectivity index (χ0) is 19.4. The maximum atomic E-state index is 13.1. The highest BCUT2D eigenvalue weighted by Crippen LogP contribution is 2.23. The monoisotopic (exact) mass is 374 g/mol. The Morgan fingerprint density at radius 2 is 1.81 bits per heavy atom. The van der Waals surface area contributed by atoms with Gasteiger partial charge in [-0.3, -0.25) is 9.59 Å². The molecule has 1 fully saturated rings. The van der Waals surface area contributed by atoms with Crippen molar-refractivity contribution in [1.82, 2.24) is 0 Å². The maximum absolute atomic E-state index is 13.1. The summed E-state index contributed by atoms with van der Waals surface area (Å²) >= 11 is 0. The van der Waals surface area contributed by atoms with E-state index in [0.717, 1.165) is 24.2 Å². The van der Waals surface area contributed by atoms with Crippen LogP contribution in [0.2, 0.25) is 0 Å². The number of anilines is 2. The Balaban J connectivity index is 1.52. The van der Waals surface area contributed by atoms with E-state index in [-0.39, 0.29) is 11.5 Å². The fourth-order valence-corrected chi connectivity index (χ4v) is 2.68. The Labute approximate surface area is 153 Å². The molecule has 0 radical (unpaired) electrons. The van der Waals surface area contributed by atoms with Gasteiger partial charge in [-0.25, -0.2) is 13.6 Å². The second-order valence-electron chi connectivity index (χ2n) is 5.95. The molecule has 0 aliphatic carbocycles. The molecule has 0 spiro atoms. The van der Waals surface area contributed by atoms with Crippen LogP contribution in [0.4, 0.5) is 20.2 Å². The number of esters is 1. The summed E-state index contributed by atoms with van der Waals surface area (Å²) < 4.78 is 30.7. The highest BCUT2D eigenvalue weighted by atomic mass is 19.2. The highest BCUT2D eigenvalue weighted by Gasteiger charge is 2.21. The summed E-state index contributed by atoms with van der Waals surface area (Å²) in [5.41, 5.74) is 1.03. The Morgan fingerprint density at radius 3 is 2.44 bits per heavy atom. The number of hydrogen-bond donors (Lipinski definition) is 1. The number of nitrogens with zero attached hydrogens (tertiary/aromatic N) is 1. The third-order valence-electron chi connectivity index (χ3n) is 4.03. The summed E-state index contributed by atoms with van der Waals surface area (Å²) in [6.07, 6.45) is 1.35. The summed E-state index contributed by atoms with van der Waals surface area (Å²) in [5.74, 6) is -3.72. The lowest BCUT2D eigenvalue weighted by Crippen LogP contribution is -2.23. The van der Waals surface area contributed by atoms with Crippen LogP contribution in [0, 0.1) is 11.6 Å². The van der Waals surface area contributed by atoms with Gasteiger partial charge < -0.3 is 15.0 Å². The number of carbonyl (C=O) groups excluding carboxylic acids is 3. The van der Waals surface area contributed by atoms with Gasteiger partial charge in [0.05, 0.1) is 5.56 Å². The van der Waals surface area contributed by atoms with E-state index in [0.29, 0.717) is 24.7 Å². The quantitative estimate of drug-likeness (QED) is 0.817.